The van der Waals surface area contributed by atoms with Gasteiger partial charge in [0.1, 0.15) is 5.70 Å². The second kappa shape index (κ2) is 12.8. The molecule has 0 spiro atoms. The fourth-order valence-electron chi connectivity index (χ4n) is 2.00. The first-order chi connectivity index (χ1) is 10.5. The highest BCUT2D eigenvalue weighted by molar-refractivity contribution is 5.79. The normalized spacial score (nSPS) is 12.5. The van der Waals surface area contributed by atoms with Crippen molar-refractivity contribution in [2.24, 2.45) is 10.8 Å². The minimum absolute atomic E-state index is 0.0683. The molecular weight excluding hydrogens is 282 g/mol. The minimum Gasteiger partial charge on any atom is -0.390 e. The molecule has 0 aromatic carbocycles. The molecule has 0 rings (SSSR count). The lowest BCUT2D eigenvalue weighted by Crippen LogP contribution is -2.39. The number of amides is 2. The van der Waals surface area contributed by atoms with Gasteiger partial charge in [0.2, 0.25) is 11.8 Å². The van der Waals surface area contributed by atoms with Crippen molar-refractivity contribution in [1.29, 1.82) is 5.53 Å². The number of nitrogens with zero attached hydrogens (tertiary/aromatic N) is 1. The number of nitrogens with one attached hydrogen (secondary N) is 3. The molecule has 5 N–H and O–H groups in total. The summed E-state index contributed by atoms with van der Waals surface area (Å²) >= 11 is 0. The van der Waals surface area contributed by atoms with Crippen molar-refractivity contribution < 1.29 is 9.59 Å². The first-order valence-corrected chi connectivity index (χ1v) is 7.93. The van der Waals surface area contributed by atoms with Gasteiger partial charge < -0.3 is 16.4 Å². The second-order valence-electron chi connectivity index (χ2n) is 5.19. The van der Waals surface area contributed by atoms with Crippen LogP contribution in [0.25, 0.3) is 0 Å². The van der Waals surface area contributed by atoms with Crippen molar-refractivity contribution >= 4 is 11.8 Å². The van der Waals surface area contributed by atoms with E-state index in [0.29, 0.717) is 18.7 Å². The van der Waals surface area contributed by atoms with Crippen LogP contribution >= 0.6 is 0 Å². The maximum absolute atomic E-state index is 11.9. The van der Waals surface area contributed by atoms with Crippen LogP contribution in [0.15, 0.2) is 17.0 Å². The third-order valence-electron chi connectivity index (χ3n) is 3.19. The highest BCUT2D eigenvalue weighted by atomic mass is 16.2. The lowest BCUT2D eigenvalue weighted by Gasteiger charge is -2.17. The molecular formula is C15H29N5O2. The molecule has 0 saturated heterocycles. The molecule has 0 saturated carbocycles. The van der Waals surface area contributed by atoms with Crippen molar-refractivity contribution in [2.75, 3.05) is 6.54 Å². The third kappa shape index (κ3) is 9.90. The Labute approximate surface area is 132 Å². The Morgan fingerprint density at radius 3 is 2.45 bits per heavy atom. The summed E-state index contributed by atoms with van der Waals surface area (Å²) in [5, 5.41) is 9.03. The van der Waals surface area contributed by atoms with Crippen molar-refractivity contribution in [3.8, 4) is 0 Å². The van der Waals surface area contributed by atoms with Gasteiger partial charge in [0.25, 0.3) is 0 Å². The van der Waals surface area contributed by atoms with Crippen molar-refractivity contribution in [1.82, 2.24) is 10.6 Å². The summed E-state index contributed by atoms with van der Waals surface area (Å²) in [5.74, 6) is -0.687. The van der Waals surface area contributed by atoms with E-state index in [1.807, 2.05) is 6.92 Å². The van der Waals surface area contributed by atoms with E-state index in [9.17, 15) is 9.59 Å². The van der Waals surface area contributed by atoms with Crippen molar-refractivity contribution in [3.63, 3.8) is 0 Å². The molecule has 7 heteroatoms. The average molecular weight is 311 g/mol. The molecule has 0 heterocycles. The van der Waals surface area contributed by atoms with E-state index in [1.54, 1.807) is 0 Å². The number of hydrogen-bond acceptors (Lipinski definition) is 5. The van der Waals surface area contributed by atoms with Gasteiger partial charge in [-0.2, -0.15) is 5.11 Å². The lowest BCUT2D eigenvalue weighted by atomic mass is 10.1. The van der Waals surface area contributed by atoms with E-state index < -0.39 is 11.9 Å². The Hall–Kier alpha value is -1.92. The van der Waals surface area contributed by atoms with Crippen LogP contribution in [-0.2, 0) is 9.59 Å². The molecule has 2 amide bonds. The zero-order chi connectivity index (χ0) is 16.8. The van der Waals surface area contributed by atoms with Gasteiger partial charge in [-0.25, -0.2) is 5.53 Å². The summed E-state index contributed by atoms with van der Waals surface area (Å²) < 4.78 is 0. The number of primary amides is 1. The van der Waals surface area contributed by atoms with Crippen LogP contribution in [0.4, 0.5) is 0 Å². The predicted molar refractivity (Wildman–Crippen MR) is 86.0 cm³/mol. The topological polar surface area (TPSA) is 120 Å². The maximum atomic E-state index is 11.9. The van der Waals surface area contributed by atoms with Gasteiger partial charge in [0.15, 0.2) is 0 Å². The molecule has 0 unspecified atom stereocenters. The molecule has 0 aromatic heterocycles. The van der Waals surface area contributed by atoms with Crippen LogP contribution in [0.3, 0.4) is 0 Å². The molecule has 0 aliphatic rings. The molecule has 7 nitrogen and oxygen atoms in total. The molecule has 0 fully saturated rings. The molecule has 0 bridgehead atoms. The fourth-order valence-corrected chi connectivity index (χ4v) is 2.00. The highest BCUT2D eigenvalue weighted by Crippen LogP contribution is 2.09. The van der Waals surface area contributed by atoms with Gasteiger partial charge in [0.05, 0.1) is 12.5 Å². The van der Waals surface area contributed by atoms with Gasteiger partial charge in [-0.3, -0.25) is 9.59 Å². The number of rotatable bonds is 13. The number of unbranched alkanes of at least 4 members (excludes halogenated alkanes) is 4. The standard InChI is InChI=1S/C15H29N5O2/c1-3-5-6-7-8-9-15(22)19-12(10-14(16)21)13(20-17)11-18-4-2/h11-12,17-18H,3-10H2,1-2H3,(H2,16,21)(H,19,22)/b13-11-,20-17?/t12-/m1/s1. The number of hydrogen-bond donors (Lipinski definition) is 4. The van der Waals surface area contributed by atoms with Gasteiger partial charge in [0, 0.05) is 19.2 Å². The summed E-state index contributed by atoms with van der Waals surface area (Å²) in [4.78, 5) is 23.1. The van der Waals surface area contributed by atoms with Crippen LogP contribution in [0.2, 0.25) is 0 Å². The van der Waals surface area contributed by atoms with Gasteiger partial charge in [-0.15, -0.1) is 0 Å². The third-order valence-corrected chi connectivity index (χ3v) is 3.19. The van der Waals surface area contributed by atoms with Crippen LogP contribution < -0.4 is 16.4 Å². The van der Waals surface area contributed by atoms with E-state index in [-0.39, 0.29) is 12.3 Å². The summed E-state index contributed by atoms with van der Waals surface area (Å²) in [5.41, 5.74) is 12.7. The zero-order valence-electron chi connectivity index (χ0n) is 13.7. The molecule has 1 atom stereocenters. The highest BCUT2D eigenvalue weighted by Gasteiger charge is 2.19. The summed E-state index contributed by atoms with van der Waals surface area (Å²) in [6.45, 7) is 4.70. The van der Waals surface area contributed by atoms with Crippen molar-refractivity contribution in [3.05, 3.63) is 11.9 Å². The van der Waals surface area contributed by atoms with Crippen LogP contribution in [0, 0.1) is 5.53 Å². The van der Waals surface area contributed by atoms with Crippen LogP contribution in [-0.4, -0.2) is 24.4 Å². The van der Waals surface area contributed by atoms with Crippen LogP contribution in [0.5, 0.6) is 0 Å². The first kappa shape index (κ1) is 20.1. The molecule has 0 aromatic rings. The Kier molecular flexibility index (Phi) is 11.7. The summed E-state index contributed by atoms with van der Waals surface area (Å²) in [6, 6.07) is -0.655. The molecule has 22 heavy (non-hydrogen) atoms. The monoisotopic (exact) mass is 311 g/mol. The van der Waals surface area contributed by atoms with E-state index in [4.69, 9.17) is 11.3 Å². The molecule has 0 aliphatic heterocycles. The second-order valence-corrected chi connectivity index (χ2v) is 5.19. The number of nitrogens with two attached hydrogens (primary N) is 1. The van der Waals surface area contributed by atoms with E-state index in [1.165, 1.54) is 12.6 Å². The van der Waals surface area contributed by atoms with E-state index >= 15 is 0 Å². The average Bonchev–Trinajstić information content (AvgIpc) is 2.47. The quantitative estimate of drug-likeness (QED) is 0.308. The summed E-state index contributed by atoms with van der Waals surface area (Å²) in [6.07, 6.45) is 7.18. The maximum Gasteiger partial charge on any atom is 0.220 e. The zero-order valence-corrected chi connectivity index (χ0v) is 13.7. The predicted octanol–water partition coefficient (Wildman–Crippen LogP) is 2.19. The van der Waals surface area contributed by atoms with E-state index in [2.05, 4.69) is 22.7 Å². The van der Waals surface area contributed by atoms with Crippen molar-refractivity contribution in [2.45, 2.75) is 64.8 Å². The fraction of sp³-hybridized carbons (Fsp3) is 0.733. The Morgan fingerprint density at radius 1 is 1.23 bits per heavy atom. The Bertz CT molecular complexity index is 382. The first-order valence-electron chi connectivity index (χ1n) is 7.93. The van der Waals surface area contributed by atoms with Gasteiger partial charge in [-0.05, 0) is 13.3 Å². The summed E-state index contributed by atoms with van der Waals surface area (Å²) in [7, 11) is 0. The number of carbonyl (C=O) groups is 2. The number of carbonyl (C=O) groups excluding carboxylic acids is 2. The largest absolute Gasteiger partial charge is 0.390 e. The minimum atomic E-state index is -0.655. The SMILES string of the molecule is CCCCCCCC(=O)N[C@H](CC(N)=O)/C(=C/NCC)N=N. The van der Waals surface area contributed by atoms with E-state index in [0.717, 1.165) is 25.7 Å². The van der Waals surface area contributed by atoms with Gasteiger partial charge >= 0.3 is 0 Å². The lowest BCUT2D eigenvalue weighted by molar-refractivity contribution is -0.122. The molecule has 126 valence electrons. The Balaban J connectivity index is 4.47. The van der Waals surface area contributed by atoms with Crippen LogP contribution in [0.1, 0.15) is 58.8 Å². The molecule has 0 aliphatic carbocycles. The Morgan fingerprint density at radius 2 is 1.91 bits per heavy atom. The smallest absolute Gasteiger partial charge is 0.220 e. The molecule has 0 radical (unpaired) electrons. The van der Waals surface area contributed by atoms with Gasteiger partial charge in [-0.1, -0.05) is 32.6 Å².